The molecule has 104 valence electrons. The molecule has 3 heteroatoms. The van der Waals surface area contributed by atoms with Gasteiger partial charge >= 0.3 is 0 Å². The summed E-state index contributed by atoms with van der Waals surface area (Å²) < 4.78 is 11.2. The lowest BCUT2D eigenvalue weighted by Gasteiger charge is -2.25. The molecular formula is C16H22O3. The van der Waals surface area contributed by atoms with Gasteiger partial charge in [0.05, 0.1) is 0 Å². The van der Waals surface area contributed by atoms with Gasteiger partial charge in [-0.2, -0.15) is 0 Å². The monoisotopic (exact) mass is 262 g/mol. The predicted molar refractivity (Wildman–Crippen MR) is 73.8 cm³/mol. The first-order chi connectivity index (χ1) is 9.38. The maximum Gasteiger partial charge on any atom is 0.161 e. The molecule has 1 heterocycles. The van der Waals surface area contributed by atoms with Gasteiger partial charge in [-0.05, 0) is 48.8 Å². The van der Waals surface area contributed by atoms with Gasteiger partial charge < -0.3 is 14.6 Å². The lowest BCUT2D eigenvalue weighted by Crippen LogP contribution is -2.17. The predicted octanol–water partition coefficient (Wildman–Crippen LogP) is 3.11. The standard InChI is InChI=1S/C16H22O3/c17-8-7-14(12-3-1-2-4-12)13-5-6-15-16(11-13)19-10-9-18-15/h5-6,11-12,14,17H,1-4,7-10H2. The molecule has 0 aromatic heterocycles. The summed E-state index contributed by atoms with van der Waals surface area (Å²) in [5.74, 6) is 2.90. The van der Waals surface area contributed by atoms with Crippen LogP contribution in [0.25, 0.3) is 0 Å². The van der Waals surface area contributed by atoms with E-state index in [1.54, 1.807) is 0 Å². The van der Waals surface area contributed by atoms with E-state index in [-0.39, 0.29) is 6.61 Å². The molecule has 1 aromatic rings. The second kappa shape index (κ2) is 5.83. The normalized spacial score (nSPS) is 20.5. The topological polar surface area (TPSA) is 38.7 Å². The zero-order chi connectivity index (χ0) is 13.1. The van der Waals surface area contributed by atoms with E-state index in [0.29, 0.717) is 19.1 Å². The van der Waals surface area contributed by atoms with E-state index in [2.05, 4.69) is 12.1 Å². The van der Waals surface area contributed by atoms with Crippen molar-refractivity contribution in [3.8, 4) is 11.5 Å². The number of rotatable bonds is 4. The molecule has 1 fully saturated rings. The number of aliphatic hydroxyl groups excluding tert-OH is 1. The molecule has 3 rings (SSSR count). The van der Waals surface area contributed by atoms with Crippen LogP contribution in [-0.2, 0) is 0 Å². The zero-order valence-electron chi connectivity index (χ0n) is 11.3. The fourth-order valence-corrected chi connectivity index (χ4v) is 3.46. The van der Waals surface area contributed by atoms with E-state index in [1.807, 2.05) is 6.07 Å². The fraction of sp³-hybridized carbons (Fsp3) is 0.625. The molecule has 1 atom stereocenters. The van der Waals surface area contributed by atoms with E-state index in [4.69, 9.17) is 9.47 Å². The van der Waals surface area contributed by atoms with Crippen molar-refractivity contribution in [1.29, 1.82) is 0 Å². The molecule has 0 radical (unpaired) electrons. The van der Waals surface area contributed by atoms with E-state index in [0.717, 1.165) is 23.8 Å². The highest BCUT2D eigenvalue weighted by Gasteiger charge is 2.27. The summed E-state index contributed by atoms with van der Waals surface area (Å²) in [4.78, 5) is 0. The molecule has 3 nitrogen and oxygen atoms in total. The van der Waals surface area contributed by atoms with E-state index in [1.165, 1.54) is 31.2 Å². The highest BCUT2D eigenvalue weighted by molar-refractivity contribution is 5.45. The number of hydrogen-bond donors (Lipinski definition) is 1. The quantitative estimate of drug-likeness (QED) is 0.906. The van der Waals surface area contributed by atoms with Crippen molar-refractivity contribution < 1.29 is 14.6 Å². The Hall–Kier alpha value is -1.22. The van der Waals surface area contributed by atoms with Gasteiger partial charge in [0.2, 0.25) is 0 Å². The van der Waals surface area contributed by atoms with Crippen molar-refractivity contribution in [2.75, 3.05) is 19.8 Å². The average molecular weight is 262 g/mol. The largest absolute Gasteiger partial charge is 0.486 e. The smallest absolute Gasteiger partial charge is 0.161 e. The number of benzene rings is 1. The lowest BCUT2D eigenvalue weighted by atomic mass is 9.82. The number of ether oxygens (including phenoxy) is 2. The summed E-state index contributed by atoms with van der Waals surface area (Å²) >= 11 is 0. The highest BCUT2D eigenvalue weighted by Crippen LogP contribution is 2.42. The minimum absolute atomic E-state index is 0.260. The van der Waals surface area contributed by atoms with Crippen molar-refractivity contribution in [3.63, 3.8) is 0 Å². The third kappa shape index (κ3) is 2.71. The van der Waals surface area contributed by atoms with Crippen molar-refractivity contribution in [1.82, 2.24) is 0 Å². The van der Waals surface area contributed by atoms with E-state index in [9.17, 15) is 5.11 Å². The second-order valence-electron chi connectivity index (χ2n) is 5.57. The summed E-state index contributed by atoms with van der Waals surface area (Å²) in [5.41, 5.74) is 1.30. The molecule has 1 aliphatic carbocycles. The first kappa shape index (κ1) is 12.8. The van der Waals surface area contributed by atoms with Crippen LogP contribution in [0, 0.1) is 5.92 Å². The third-order valence-corrected chi connectivity index (χ3v) is 4.40. The molecule has 1 saturated carbocycles. The molecule has 0 amide bonds. The van der Waals surface area contributed by atoms with Crippen molar-refractivity contribution >= 4 is 0 Å². The van der Waals surface area contributed by atoms with E-state index < -0.39 is 0 Å². The SMILES string of the molecule is OCCC(c1ccc2c(c1)OCCO2)C1CCCC1. The molecule has 1 aliphatic heterocycles. The Bertz CT molecular complexity index is 424. The maximum absolute atomic E-state index is 9.34. The van der Waals surface area contributed by atoms with Crippen LogP contribution in [0.4, 0.5) is 0 Å². The van der Waals surface area contributed by atoms with Crippen molar-refractivity contribution in [2.45, 2.75) is 38.0 Å². The molecule has 2 aliphatic rings. The Morgan fingerprint density at radius 2 is 1.84 bits per heavy atom. The Morgan fingerprint density at radius 3 is 2.58 bits per heavy atom. The van der Waals surface area contributed by atoms with E-state index >= 15 is 0 Å². The second-order valence-corrected chi connectivity index (χ2v) is 5.57. The van der Waals surface area contributed by atoms with Crippen LogP contribution in [0.15, 0.2) is 18.2 Å². The third-order valence-electron chi connectivity index (χ3n) is 4.40. The summed E-state index contributed by atoms with van der Waals surface area (Å²) in [6, 6.07) is 6.28. The van der Waals surface area contributed by atoms with Gasteiger partial charge in [-0.25, -0.2) is 0 Å². The van der Waals surface area contributed by atoms with Crippen molar-refractivity contribution in [3.05, 3.63) is 23.8 Å². The molecule has 1 unspecified atom stereocenters. The molecule has 0 spiro atoms. The van der Waals surface area contributed by atoms with Gasteiger partial charge in [0, 0.05) is 6.61 Å². The Balaban J connectivity index is 1.84. The van der Waals surface area contributed by atoms with Gasteiger partial charge in [-0.15, -0.1) is 0 Å². The van der Waals surface area contributed by atoms with Crippen LogP contribution in [0.2, 0.25) is 0 Å². The van der Waals surface area contributed by atoms with Gasteiger partial charge in [-0.3, -0.25) is 0 Å². The molecule has 1 N–H and O–H groups in total. The summed E-state index contributed by atoms with van der Waals surface area (Å²) in [6.07, 6.45) is 6.09. The molecule has 19 heavy (non-hydrogen) atoms. The first-order valence-electron chi connectivity index (χ1n) is 7.39. The van der Waals surface area contributed by atoms with Crippen molar-refractivity contribution in [2.24, 2.45) is 5.92 Å². The number of aliphatic hydroxyl groups is 1. The number of hydrogen-bond acceptors (Lipinski definition) is 3. The fourth-order valence-electron chi connectivity index (χ4n) is 3.46. The van der Waals surface area contributed by atoms with Crippen LogP contribution in [0.5, 0.6) is 11.5 Å². The van der Waals surface area contributed by atoms with Crippen LogP contribution in [0.1, 0.15) is 43.6 Å². The Labute approximate surface area is 114 Å². The molecule has 1 aromatic carbocycles. The zero-order valence-corrected chi connectivity index (χ0v) is 11.3. The molecular weight excluding hydrogens is 240 g/mol. The molecule has 0 bridgehead atoms. The van der Waals surface area contributed by atoms with Gasteiger partial charge in [0.1, 0.15) is 13.2 Å². The maximum atomic E-state index is 9.34. The van der Waals surface area contributed by atoms with Gasteiger partial charge in [0.25, 0.3) is 0 Å². The lowest BCUT2D eigenvalue weighted by molar-refractivity contribution is 0.171. The van der Waals surface area contributed by atoms with Gasteiger partial charge in [-0.1, -0.05) is 18.9 Å². The van der Waals surface area contributed by atoms with Gasteiger partial charge in [0.15, 0.2) is 11.5 Å². The Kier molecular flexibility index (Phi) is 3.92. The summed E-state index contributed by atoms with van der Waals surface area (Å²) in [5, 5.41) is 9.34. The molecule has 0 saturated heterocycles. The minimum Gasteiger partial charge on any atom is -0.486 e. The van der Waals surface area contributed by atoms with Crippen LogP contribution >= 0.6 is 0 Å². The summed E-state index contributed by atoms with van der Waals surface area (Å²) in [6.45, 7) is 1.52. The van der Waals surface area contributed by atoms with Crippen LogP contribution in [-0.4, -0.2) is 24.9 Å². The average Bonchev–Trinajstić information content (AvgIpc) is 2.98. The van der Waals surface area contributed by atoms with Crippen LogP contribution in [0.3, 0.4) is 0 Å². The number of fused-ring (bicyclic) bond motifs is 1. The Morgan fingerprint density at radius 1 is 1.11 bits per heavy atom. The summed E-state index contributed by atoms with van der Waals surface area (Å²) in [7, 11) is 0. The van der Waals surface area contributed by atoms with Crippen LogP contribution < -0.4 is 9.47 Å². The minimum atomic E-state index is 0.260. The first-order valence-corrected chi connectivity index (χ1v) is 7.39. The highest BCUT2D eigenvalue weighted by atomic mass is 16.6.